The first kappa shape index (κ1) is 24.3. The van der Waals surface area contributed by atoms with E-state index in [-0.39, 0.29) is 11.1 Å². The standard InChI is InChI=1S/C27H14F4O5/c28-19-11-17(23(13-21(19)30)35-26(33)15-7-3-1-4-8-15)25(32)18-12-20(29)22(31)14-24(18)36-27(34)16-9-5-2-6-10-16/h1-14H. The van der Waals surface area contributed by atoms with Gasteiger partial charge in [-0.05, 0) is 36.4 Å². The zero-order valence-electron chi connectivity index (χ0n) is 18.1. The van der Waals surface area contributed by atoms with Crippen LogP contribution in [0.2, 0.25) is 0 Å². The highest BCUT2D eigenvalue weighted by Gasteiger charge is 2.26. The highest BCUT2D eigenvalue weighted by atomic mass is 19.2. The first-order valence-corrected chi connectivity index (χ1v) is 10.3. The third-order valence-electron chi connectivity index (χ3n) is 4.96. The Hall–Kier alpha value is -4.79. The van der Waals surface area contributed by atoms with E-state index in [0.29, 0.717) is 24.3 Å². The average Bonchev–Trinajstić information content (AvgIpc) is 2.88. The largest absolute Gasteiger partial charge is 0.422 e. The summed E-state index contributed by atoms with van der Waals surface area (Å²) in [5.41, 5.74) is -1.29. The van der Waals surface area contributed by atoms with Crippen molar-refractivity contribution >= 4 is 17.7 Å². The number of ketones is 1. The number of benzene rings is 4. The van der Waals surface area contributed by atoms with E-state index in [1.165, 1.54) is 48.5 Å². The summed E-state index contributed by atoms with van der Waals surface area (Å²) in [7, 11) is 0. The summed E-state index contributed by atoms with van der Waals surface area (Å²) < 4.78 is 66.3. The molecule has 0 fully saturated rings. The maximum atomic E-state index is 14.1. The molecule has 0 aromatic heterocycles. The number of halogens is 4. The fourth-order valence-electron chi connectivity index (χ4n) is 3.19. The van der Waals surface area contributed by atoms with Crippen LogP contribution < -0.4 is 9.47 Å². The molecule has 0 unspecified atom stereocenters. The lowest BCUT2D eigenvalue weighted by atomic mass is 10.0. The molecule has 0 heterocycles. The molecule has 0 aliphatic rings. The molecule has 0 spiro atoms. The monoisotopic (exact) mass is 494 g/mol. The molecular weight excluding hydrogens is 480 g/mol. The van der Waals surface area contributed by atoms with E-state index in [1.54, 1.807) is 12.1 Å². The Morgan fingerprint density at radius 2 is 0.833 bits per heavy atom. The lowest BCUT2D eigenvalue weighted by Gasteiger charge is -2.13. The van der Waals surface area contributed by atoms with Crippen LogP contribution in [-0.4, -0.2) is 17.7 Å². The van der Waals surface area contributed by atoms with Gasteiger partial charge in [0.2, 0.25) is 5.78 Å². The number of hydrogen-bond donors (Lipinski definition) is 0. The third kappa shape index (κ3) is 5.15. The van der Waals surface area contributed by atoms with Gasteiger partial charge in [0, 0.05) is 12.1 Å². The summed E-state index contributed by atoms with van der Waals surface area (Å²) in [5, 5.41) is 0. The summed E-state index contributed by atoms with van der Waals surface area (Å²) >= 11 is 0. The normalized spacial score (nSPS) is 10.6. The van der Waals surface area contributed by atoms with Crippen molar-refractivity contribution in [3.8, 4) is 11.5 Å². The molecule has 0 saturated heterocycles. The van der Waals surface area contributed by atoms with Crippen molar-refractivity contribution in [2.24, 2.45) is 0 Å². The fraction of sp³-hybridized carbons (Fsp3) is 0. The Morgan fingerprint density at radius 3 is 1.19 bits per heavy atom. The average molecular weight is 494 g/mol. The Morgan fingerprint density at radius 1 is 0.500 bits per heavy atom. The van der Waals surface area contributed by atoms with Gasteiger partial charge in [0.1, 0.15) is 11.5 Å². The van der Waals surface area contributed by atoms with Gasteiger partial charge in [-0.15, -0.1) is 0 Å². The molecule has 0 bridgehead atoms. The third-order valence-corrected chi connectivity index (χ3v) is 4.96. The molecule has 180 valence electrons. The van der Waals surface area contributed by atoms with Gasteiger partial charge in [-0.25, -0.2) is 27.2 Å². The number of rotatable bonds is 6. The van der Waals surface area contributed by atoms with Crippen LogP contribution in [0.15, 0.2) is 84.9 Å². The molecule has 4 rings (SSSR count). The second-order valence-corrected chi connectivity index (χ2v) is 7.37. The maximum absolute atomic E-state index is 14.1. The van der Waals surface area contributed by atoms with E-state index in [2.05, 4.69) is 0 Å². The van der Waals surface area contributed by atoms with E-state index in [0.717, 1.165) is 0 Å². The molecule has 0 radical (unpaired) electrons. The minimum Gasteiger partial charge on any atom is -0.422 e. The van der Waals surface area contributed by atoms with Crippen molar-refractivity contribution in [1.29, 1.82) is 0 Å². The van der Waals surface area contributed by atoms with Gasteiger partial charge in [0.15, 0.2) is 23.3 Å². The molecule has 0 N–H and O–H groups in total. The smallest absolute Gasteiger partial charge is 0.343 e. The van der Waals surface area contributed by atoms with Gasteiger partial charge < -0.3 is 9.47 Å². The minimum absolute atomic E-state index is 0.0472. The van der Waals surface area contributed by atoms with E-state index in [9.17, 15) is 31.9 Å². The highest BCUT2D eigenvalue weighted by molar-refractivity contribution is 6.13. The van der Waals surface area contributed by atoms with Crippen molar-refractivity contribution in [2.75, 3.05) is 0 Å². The molecule has 0 amide bonds. The summed E-state index contributed by atoms with van der Waals surface area (Å²) in [6.07, 6.45) is 0. The van der Waals surface area contributed by atoms with Crippen LogP contribution in [0.3, 0.4) is 0 Å². The van der Waals surface area contributed by atoms with Crippen LogP contribution >= 0.6 is 0 Å². The van der Waals surface area contributed by atoms with Gasteiger partial charge in [0.05, 0.1) is 22.3 Å². The van der Waals surface area contributed by atoms with Gasteiger partial charge in [0.25, 0.3) is 0 Å². The number of hydrogen-bond acceptors (Lipinski definition) is 5. The van der Waals surface area contributed by atoms with E-state index < -0.39 is 63.6 Å². The summed E-state index contributed by atoms with van der Waals surface area (Å²) in [5.74, 6) is -10.4. The van der Waals surface area contributed by atoms with Crippen LogP contribution in [0, 0.1) is 23.3 Å². The number of carbonyl (C=O) groups excluding carboxylic acids is 3. The van der Waals surface area contributed by atoms with Gasteiger partial charge in [-0.1, -0.05) is 36.4 Å². The first-order valence-electron chi connectivity index (χ1n) is 10.3. The lowest BCUT2D eigenvalue weighted by Crippen LogP contribution is -2.16. The summed E-state index contributed by atoms with van der Waals surface area (Å²) in [6.45, 7) is 0. The highest BCUT2D eigenvalue weighted by Crippen LogP contribution is 2.31. The summed E-state index contributed by atoms with van der Waals surface area (Å²) in [4.78, 5) is 38.2. The minimum atomic E-state index is -1.47. The number of esters is 2. The van der Waals surface area contributed by atoms with Gasteiger partial charge >= 0.3 is 11.9 Å². The van der Waals surface area contributed by atoms with Crippen molar-refractivity contribution in [3.63, 3.8) is 0 Å². The molecule has 0 saturated carbocycles. The first-order chi connectivity index (χ1) is 17.2. The van der Waals surface area contributed by atoms with Crippen molar-refractivity contribution in [2.45, 2.75) is 0 Å². The van der Waals surface area contributed by atoms with Crippen molar-refractivity contribution < 1.29 is 41.4 Å². The van der Waals surface area contributed by atoms with E-state index in [4.69, 9.17) is 9.47 Å². The second kappa shape index (κ2) is 10.2. The van der Waals surface area contributed by atoms with Gasteiger partial charge in [-0.2, -0.15) is 0 Å². The molecular formula is C27H14F4O5. The van der Waals surface area contributed by atoms with Crippen LogP contribution in [0.5, 0.6) is 11.5 Å². The van der Waals surface area contributed by atoms with E-state index in [1.807, 2.05) is 0 Å². The van der Waals surface area contributed by atoms with Crippen molar-refractivity contribution in [1.82, 2.24) is 0 Å². The Kier molecular flexibility index (Phi) is 6.91. The molecule has 4 aromatic rings. The zero-order chi connectivity index (χ0) is 25.8. The van der Waals surface area contributed by atoms with Gasteiger partial charge in [-0.3, -0.25) is 4.79 Å². The predicted octanol–water partition coefficient (Wildman–Crippen LogP) is 5.91. The molecule has 36 heavy (non-hydrogen) atoms. The maximum Gasteiger partial charge on any atom is 0.343 e. The SMILES string of the molecule is O=C(Oc1cc(F)c(F)cc1C(=O)c1cc(F)c(F)cc1OC(=O)c1ccccc1)c1ccccc1. The van der Waals surface area contributed by atoms with Crippen molar-refractivity contribution in [3.05, 3.63) is 130 Å². The zero-order valence-corrected chi connectivity index (χ0v) is 18.1. The topological polar surface area (TPSA) is 69.7 Å². The summed E-state index contributed by atoms with van der Waals surface area (Å²) in [6, 6.07) is 16.8. The molecule has 0 atom stereocenters. The quantitative estimate of drug-likeness (QED) is 0.144. The predicted molar refractivity (Wildman–Crippen MR) is 119 cm³/mol. The van der Waals surface area contributed by atoms with E-state index >= 15 is 0 Å². The lowest BCUT2D eigenvalue weighted by molar-refractivity contribution is 0.0725. The van der Waals surface area contributed by atoms with Crippen LogP contribution in [0.25, 0.3) is 0 Å². The van der Waals surface area contributed by atoms with Crippen LogP contribution in [-0.2, 0) is 0 Å². The number of carbonyl (C=O) groups is 3. The van der Waals surface area contributed by atoms with Crippen LogP contribution in [0.1, 0.15) is 36.6 Å². The van der Waals surface area contributed by atoms with Crippen LogP contribution in [0.4, 0.5) is 17.6 Å². The molecule has 0 aliphatic carbocycles. The Balaban J connectivity index is 1.76. The fourth-order valence-corrected chi connectivity index (χ4v) is 3.19. The second-order valence-electron chi connectivity index (χ2n) is 7.37. The molecule has 5 nitrogen and oxygen atoms in total. The number of ether oxygens (including phenoxy) is 2. The Bertz CT molecular complexity index is 1360. The molecule has 0 aliphatic heterocycles. The molecule has 9 heteroatoms. The molecule has 4 aromatic carbocycles. The Labute approximate surface area is 201 Å².